The Kier molecular flexibility index (Phi) is 8.25. The standard InChI is InChI=1S/C33H52O10/c1-16-7-12-33(41-15-16)17(2)24-23(43-33)14-22-20-6-5-18-13-19(8-10-31(18,3)21(20)9-11-32(22,24)4)42-30(40)28(37)26(35)25(34)27(36)29(38)39/h16-28,34-37H,5-15H2,1-4H3,(H,38,39)/t16-,17+,18?,19+,20-,21+,22+,23+,24+,25+,26+,27+,28-,31+,32+,33-/m1/s1. The van der Waals surface area contributed by atoms with E-state index in [1.807, 2.05) is 0 Å². The van der Waals surface area contributed by atoms with Gasteiger partial charge in [-0.25, -0.2) is 9.59 Å². The Bertz CT molecular complexity index is 1070. The van der Waals surface area contributed by atoms with Gasteiger partial charge in [-0.05, 0) is 104 Å². The van der Waals surface area contributed by atoms with Crippen molar-refractivity contribution in [3.8, 4) is 0 Å². The molecule has 0 amide bonds. The van der Waals surface area contributed by atoms with Crippen molar-refractivity contribution in [2.24, 2.45) is 52.3 Å². The van der Waals surface area contributed by atoms with Crippen LogP contribution < -0.4 is 0 Å². The summed E-state index contributed by atoms with van der Waals surface area (Å²) in [6.07, 6.45) is 1.10. The third-order valence-corrected chi connectivity index (χ3v) is 13.7. The number of ether oxygens (including phenoxy) is 3. The van der Waals surface area contributed by atoms with Gasteiger partial charge in [-0.15, -0.1) is 0 Å². The van der Waals surface area contributed by atoms with Gasteiger partial charge < -0.3 is 39.7 Å². The fourth-order valence-corrected chi connectivity index (χ4v) is 11.2. The average Bonchev–Trinajstić information content (AvgIpc) is 3.42. The number of carboxylic acid groups (broad SMARTS) is 1. The molecule has 0 bridgehead atoms. The molecule has 0 radical (unpaired) electrons. The van der Waals surface area contributed by atoms with Crippen molar-refractivity contribution >= 4 is 11.9 Å². The molecule has 6 rings (SSSR count). The highest BCUT2D eigenvalue weighted by molar-refractivity contribution is 5.76. The molecule has 4 aliphatic carbocycles. The number of carbonyl (C=O) groups is 2. The van der Waals surface area contributed by atoms with Crippen molar-refractivity contribution in [2.45, 2.75) is 134 Å². The van der Waals surface area contributed by atoms with Gasteiger partial charge in [0.2, 0.25) is 0 Å². The van der Waals surface area contributed by atoms with Crippen LogP contribution in [0, 0.1) is 52.3 Å². The predicted molar refractivity (Wildman–Crippen MR) is 153 cm³/mol. The fourth-order valence-electron chi connectivity index (χ4n) is 11.2. The number of hydrogen-bond acceptors (Lipinski definition) is 9. The highest BCUT2D eigenvalue weighted by atomic mass is 16.7. The maximum Gasteiger partial charge on any atom is 0.338 e. The molecular weight excluding hydrogens is 556 g/mol. The number of fused-ring (bicyclic) bond motifs is 7. The van der Waals surface area contributed by atoms with Gasteiger partial charge in [0, 0.05) is 12.3 Å². The van der Waals surface area contributed by atoms with Crippen molar-refractivity contribution < 1.29 is 49.3 Å². The summed E-state index contributed by atoms with van der Waals surface area (Å²) in [6, 6.07) is 0. The van der Waals surface area contributed by atoms with E-state index in [9.17, 15) is 30.0 Å². The van der Waals surface area contributed by atoms with Gasteiger partial charge >= 0.3 is 11.9 Å². The topological polar surface area (TPSA) is 163 Å². The number of aliphatic hydroxyl groups is 4. The molecule has 4 saturated carbocycles. The summed E-state index contributed by atoms with van der Waals surface area (Å²) in [6.45, 7) is 10.4. The molecule has 2 saturated heterocycles. The number of esters is 1. The Morgan fingerprint density at radius 3 is 2.21 bits per heavy atom. The minimum Gasteiger partial charge on any atom is -0.479 e. The zero-order valence-electron chi connectivity index (χ0n) is 26.1. The van der Waals surface area contributed by atoms with Crippen LogP contribution in [0.2, 0.25) is 0 Å². The molecule has 16 atom stereocenters. The Labute approximate surface area is 254 Å². The Balaban J connectivity index is 1.09. The van der Waals surface area contributed by atoms with Crippen molar-refractivity contribution in [3.05, 3.63) is 0 Å². The predicted octanol–water partition coefficient (Wildman–Crippen LogP) is 2.87. The highest BCUT2D eigenvalue weighted by Gasteiger charge is 2.69. The molecule has 1 spiro atoms. The monoisotopic (exact) mass is 608 g/mol. The molecule has 2 heterocycles. The average molecular weight is 609 g/mol. The lowest BCUT2D eigenvalue weighted by atomic mass is 9.44. The van der Waals surface area contributed by atoms with E-state index in [4.69, 9.17) is 19.3 Å². The summed E-state index contributed by atoms with van der Waals surface area (Å²) in [4.78, 5) is 23.5. The van der Waals surface area contributed by atoms with Crippen LogP contribution in [0.1, 0.15) is 91.9 Å². The summed E-state index contributed by atoms with van der Waals surface area (Å²) < 4.78 is 19.0. The van der Waals surface area contributed by atoms with E-state index in [1.165, 1.54) is 19.3 Å². The molecule has 244 valence electrons. The second kappa shape index (κ2) is 11.2. The normalized spacial score (nSPS) is 50.0. The van der Waals surface area contributed by atoms with Gasteiger partial charge in [-0.3, -0.25) is 0 Å². The maximum absolute atomic E-state index is 12.6. The summed E-state index contributed by atoms with van der Waals surface area (Å²) >= 11 is 0. The summed E-state index contributed by atoms with van der Waals surface area (Å²) in [7, 11) is 0. The molecule has 6 aliphatic rings. The molecule has 10 heteroatoms. The van der Waals surface area contributed by atoms with Gasteiger partial charge in [-0.2, -0.15) is 0 Å². The molecule has 0 aromatic carbocycles. The lowest BCUT2D eigenvalue weighted by Crippen LogP contribution is -2.55. The van der Waals surface area contributed by atoms with Crippen LogP contribution in [0.25, 0.3) is 0 Å². The lowest BCUT2D eigenvalue weighted by Gasteiger charge is -2.61. The second-order valence-corrected chi connectivity index (χ2v) is 15.7. The van der Waals surface area contributed by atoms with E-state index in [0.717, 1.165) is 38.7 Å². The van der Waals surface area contributed by atoms with Gasteiger partial charge in [0.15, 0.2) is 18.0 Å². The van der Waals surface area contributed by atoms with Crippen molar-refractivity contribution in [2.75, 3.05) is 6.61 Å². The quantitative estimate of drug-likeness (QED) is 0.283. The number of rotatable bonds is 6. The minimum absolute atomic E-state index is 0.140. The van der Waals surface area contributed by atoms with E-state index in [0.29, 0.717) is 54.3 Å². The second-order valence-electron chi connectivity index (χ2n) is 15.7. The maximum atomic E-state index is 12.6. The van der Waals surface area contributed by atoms with Gasteiger partial charge in [0.25, 0.3) is 0 Å². The molecule has 5 N–H and O–H groups in total. The van der Waals surface area contributed by atoms with E-state index in [1.54, 1.807) is 0 Å². The van der Waals surface area contributed by atoms with Gasteiger partial charge in [0.1, 0.15) is 18.3 Å². The summed E-state index contributed by atoms with van der Waals surface area (Å²) in [5.41, 5.74) is 0.397. The van der Waals surface area contributed by atoms with Crippen molar-refractivity contribution in [1.29, 1.82) is 0 Å². The SMILES string of the molecule is C[C@@H]1CC[C@@]2(OC1)O[C@H]1C[C@H]3[C@@H]4CCC5C[C@@H](OC(=O)[C@H](O)[C@@H](O)[C@H](O)[C@H](O)C(=O)O)CC[C@]5(C)[C@H]4CC[C@]3(C)[C@H]1[C@@H]2C. The lowest BCUT2D eigenvalue weighted by molar-refractivity contribution is -0.273. The first-order valence-electron chi connectivity index (χ1n) is 16.7. The number of aliphatic hydroxyl groups excluding tert-OH is 4. The van der Waals surface area contributed by atoms with Gasteiger partial charge in [-0.1, -0.05) is 27.7 Å². The van der Waals surface area contributed by atoms with Crippen molar-refractivity contribution in [3.63, 3.8) is 0 Å². The third-order valence-electron chi connectivity index (χ3n) is 13.7. The van der Waals surface area contributed by atoms with Gasteiger partial charge in [0.05, 0.1) is 12.7 Å². The first-order chi connectivity index (χ1) is 20.2. The van der Waals surface area contributed by atoms with Crippen LogP contribution in [-0.4, -0.2) is 86.5 Å². The van der Waals surface area contributed by atoms with Crippen LogP contribution in [0.15, 0.2) is 0 Å². The van der Waals surface area contributed by atoms with E-state index >= 15 is 0 Å². The number of carbonyl (C=O) groups excluding carboxylic acids is 1. The van der Waals surface area contributed by atoms with Crippen LogP contribution >= 0.6 is 0 Å². The van der Waals surface area contributed by atoms with Crippen LogP contribution in [0.3, 0.4) is 0 Å². The number of carboxylic acids is 1. The molecule has 2 aliphatic heterocycles. The Morgan fingerprint density at radius 2 is 1.53 bits per heavy atom. The zero-order valence-corrected chi connectivity index (χ0v) is 26.1. The minimum atomic E-state index is -2.33. The Morgan fingerprint density at radius 1 is 0.837 bits per heavy atom. The zero-order chi connectivity index (χ0) is 31.1. The molecular formula is C33H52O10. The highest BCUT2D eigenvalue weighted by Crippen LogP contribution is 2.71. The Hall–Kier alpha value is -1.30. The van der Waals surface area contributed by atoms with Crippen LogP contribution in [0.4, 0.5) is 0 Å². The third kappa shape index (κ3) is 4.97. The molecule has 6 fully saturated rings. The molecule has 10 nitrogen and oxygen atoms in total. The summed E-state index contributed by atoms with van der Waals surface area (Å²) in [5.74, 6) is 0.530. The molecule has 43 heavy (non-hydrogen) atoms. The molecule has 0 aromatic rings. The first kappa shape index (κ1) is 31.7. The number of aliphatic carboxylic acids is 1. The van der Waals surface area contributed by atoms with Crippen LogP contribution in [0.5, 0.6) is 0 Å². The fraction of sp³-hybridized carbons (Fsp3) is 0.939. The first-order valence-corrected chi connectivity index (χ1v) is 16.7. The van der Waals surface area contributed by atoms with E-state index < -0.39 is 48.2 Å². The molecule has 0 aromatic heterocycles. The van der Waals surface area contributed by atoms with Crippen molar-refractivity contribution in [1.82, 2.24) is 0 Å². The van der Waals surface area contributed by atoms with E-state index in [2.05, 4.69) is 27.7 Å². The van der Waals surface area contributed by atoms with E-state index in [-0.39, 0.29) is 16.9 Å². The molecule has 1 unspecified atom stereocenters. The largest absolute Gasteiger partial charge is 0.479 e. The van der Waals surface area contributed by atoms with Crippen LogP contribution in [-0.2, 0) is 23.8 Å². The summed E-state index contributed by atoms with van der Waals surface area (Å²) in [5, 5.41) is 48.5. The smallest absolute Gasteiger partial charge is 0.338 e. The number of hydrogen-bond donors (Lipinski definition) is 5.